The molecule has 1 aromatic heterocycles. The molecule has 0 radical (unpaired) electrons. The van der Waals surface area contributed by atoms with Crippen LogP contribution in [0.15, 0.2) is 48.5 Å². The minimum absolute atomic E-state index is 0.866. The molecular formula is C18H18BN2S2+. The van der Waals surface area contributed by atoms with Crippen molar-refractivity contribution in [3.8, 4) is 0 Å². The Kier molecular flexibility index (Phi) is 4.60. The van der Waals surface area contributed by atoms with Gasteiger partial charge in [-0.15, -0.1) is 0 Å². The fraction of sp³-hybridized carbons (Fsp3) is 0.111. The van der Waals surface area contributed by atoms with Crippen molar-refractivity contribution >= 4 is 64.3 Å². The Morgan fingerprint density at radius 2 is 1.83 bits per heavy atom. The topological polar surface area (TPSA) is 7.12 Å². The summed E-state index contributed by atoms with van der Waals surface area (Å²) in [5.41, 5.74) is 3.56. The largest absolute Gasteiger partial charge is 0.348 e. The molecule has 23 heavy (non-hydrogen) atoms. The smallest absolute Gasteiger partial charge is 0.262 e. The molecule has 2 nitrogen and oxygen atoms in total. The van der Waals surface area contributed by atoms with Gasteiger partial charge in [0, 0.05) is 29.8 Å². The summed E-state index contributed by atoms with van der Waals surface area (Å²) < 4.78 is 3.54. The summed E-state index contributed by atoms with van der Waals surface area (Å²) in [6.07, 6.45) is 4.33. The van der Waals surface area contributed by atoms with Gasteiger partial charge in [0.05, 0.1) is 0 Å². The van der Waals surface area contributed by atoms with Crippen LogP contribution < -0.4 is 9.47 Å². The number of rotatable bonds is 3. The molecule has 0 aliphatic rings. The lowest BCUT2D eigenvalue weighted by molar-refractivity contribution is -0.642. The molecule has 0 bridgehead atoms. The van der Waals surface area contributed by atoms with E-state index in [0.29, 0.717) is 0 Å². The average Bonchev–Trinajstić information content (AvgIpc) is 2.89. The maximum absolute atomic E-state index is 5.20. The molecule has 0 unspecified atom stereocenters. The van der Waals surface area contributed by atoms with E-state index in [4.69, 9.17) is 12.2 Å². The molecule has 0 aliphatic carbocycles. The molecular weight excluding hydrogens is 319 g/mol. The summed E-state index contributed by atoms with van der Waals surface area (Å²) in [5, 5.41) is 1.24. The molecule has 1 heterocycles. The summed E-state index contributed by atoms with van der Waals surface area (Å²) >= 11 is 7.01. The van der Waals surface area contributed by atoms with Gasteiger partial charge in [-0.1, -0.05) is 47.8 Å². The van der Waals surface area contributed by atoms with Gasteiger partial charge in [-0.05, 0) is 29.8 Å². The van der Waals surface area contributed by atoms with Gasteiger partial charge in [-0.3, -0.25) is 0 Å². The van der Waals surface area contributed by atoms with Gasteiger partial charge >= 0.3 is 0 Å². The highest BCUT2D eigenvalue weighted by Gasteiger charge is 2.13. The summed E-state index contributed by atoms with van der Waals surface area (Å²) in [7, 11) is 6.04. The molecule has 2 aromatic carbocycles. The van der Waals surface area contributed by atoms with E-state index in [9.17, 15) is 0 Å². The predicted octanol–water partition coefficient (Wildman–Crippen LogP) is 3.25. The van der Waals surface area contributed by atoms with Crippen LogP contribution in [0.25, 0.3) is 22.4 Å². The number of aromatic nitrogens is 1. The van der Waals surface area contributed by atoms with Crippen molar-refractivity contribution in [3.63, 3.8) is 0 Å². The summed E-state index contributed by atoms with van der Waals surface area (Å²) in [4.78, 5) is 2.88. The van der Waals surface area contributed by atoms with Crippen molar-refractivity contribution in [3.05, 3.63) is 59.1 Å². The van der Waals surface area contributed by atoms with Crippen LogP contribution in [0.1, 0.15) is 10.6 Å². The van der Waals surface area contributed by atoms with Crippen molar-refractivity contribution in [1.82, 2.24) is 0 Å². The number of aryl methyl sites for hydroxylation is 1. The lowest BCUT2D eigenvalue weighted by Gasteiger charge is -2.17. The third-order valence-electron chi connectivity index (χ3n) is 3.94. The number of anilines is 1. The van der Waals surface area contributed by atoms with Crippen LogP contribution >= 0.6 is 23.6 Å². The van der Waals surface area contributed by atoms with Gasteiger partial charge in [0.2, 0.25) is 5.52 Å². The molecule has 0 fully saturated rings. The first-order valence-corrected chi connectivity index (χ1v) is 8.69. The highest BCUT2D eigenvalue weighted by Crippen LogP contribution is 2.21. The number of nitrogens with zero attached hydrogens (tertiary/aromatic N) is 2. The Morgan fingerprint density at radius 3 is 2.48 bits per heavy atom. The van der Waals surface area contributed by atoms with E-state index in [1.54, 1.807) is 11.3 Å². The monoisotopic (exact) mass is 337 g/mol. The molecule has 0 spiro atoms. The Morgan fingerprint density at radius 1 is 1.13 bits per heavy atom. The van der Waals surface area contributed by atoms with E-state index < -0.39 is 0 Å². The molecule has 3 rings (SSSR count). The Balaban J connectivity index is 1.84. The predicted molar refractivity (Wildman–Crippen MR) is 108 cm³/mol. The van der Waals surface area contributed by atoms with Crippen LogP contribution in [-0.4, -0.2) is 19.8 Å². The maximum Gasteiger partial charge on any atom is 0.262 e. The molecule has 3 aromatic rings. The molecule has 0 aliphatic heterocycles. The minimum atomic E-state index is 0.866. The highest BCUT2D eigenvalue weighted by atomic mass is 32.1. The summed E-state index contributed by atoms with van der Waals surface area (Å²) in [6.45, 7) is 0. The van der Waals surface area contributed by atoms with Gasteiger partial charge in [-0.25, -0.2) is 0 Å². The lowest BCUT2D eigenvalue weighted by atomic mass is 10.1. The minimum Gasteiger partial charge on any atom is -0.348 e. The highest BCUT2D eigenvalue weighted by molar-refractivity contribution is 7.83. The van der Waals surface area contributed by atoms with Gasteiger partial charge < -0.3 is 4.90 Å². The third kappa shape index (κ3) is 3.36. The first kappa shape index (κ1) is 15.9. The third-order valence-corrected chi connectivity index (χ3v) is 5.40. The zero-order valence-electron chi connectivity index (χ0n) is 13.5. The van der Waals surface area contributed by atoms with Crippen LogP contribution in [0.2, 0.25) is 0 Å². The molecule has 0 amide bonds. The SMILES string of the molecule is BC(=S)N(C)c1ccc(C=Cc2sc3ccccc3[n+]2C)cc1. The van der Waals surface area contributed by atoms with E-state index in [2.05, 4.69) is 72.3 Å². The molecule has 0 N–H and O–H groups in total. The van der Waals surface area contributed by atoms with Crippen molar-refractivity contribution in [2.24, 2.45) is 7.05 Å². The lowest BCUT2D eigenvalue weighted by Crippen LogP contribution is -2.28. The Hall–Kier alpha value is -1.98. The number of benzene rings is 2. The number of para-hydroxylation sites is 1. The van der Waals surface area contributed by atoms with E-state index >= 15 is 0 Å². The van der Waals surface area contributed by atoms with Gasteiger partial charge in [-0.2, -0.15) is 4.57 Å². The number of thiazole rings is 1. The zero-order chi connectivity index (χ0) is 16.4. The summed E-state index contributed by atoms with van der Waals surface area (Å²) in [6, 6.07) is 16.9. The second-order valence-electron chi connectivity index (χ2n) is 5.47. The Labute approximate surface area is 147 Å². The van der Waals surface area contributed by atoms with Crippen molar-refractivity contribution in [2.45, 2.75) is 0 Å². The van der Waals surface area contributed by atoms with Crippen LogP contribution in [-0.2, 0) is 7.05 Å². The maximum atomic E-state index is 5.20. The number of hydrogen-bond donors (Lipinski definition) is 0. The van der Waals surface area contributed by atoms with Crippen LogP contribution in [0.4, 0.5) is 5.69 Å². The quantitative estimate of drug-likeness (QED) is 0.411. The molecule has 5 heteroatoms. The van der Waals surface area contributed by atoms with Crippen LogP contribution in [0.5, 0.6) is 0 Å². The fourth-order valence-corrected chi connectivity index (χ4v) is 3.58. The number of thiocarbonyl (C=S) groups is 1. The van der Waals surface area contributed by atoms with Crippen molar-refractivity contribution in [1.29, 1.82) is 0 Å². The van der Waals surface area contributed by atoms with E-state index in [1.165, 1.54) is 20.8 Å². The van der Waals surface area contributed by atoms with Gasteiger partial charge in [0.25, 0.3) is 5.01 Å². The number of fused-ring (bicyclic) bond motifs is 1. The van der Waals surface area contributed by atoms with Gasteiger partial charge in [0.15, 0.2) is 7.85 Å². The second kappa shape index (κ2) is 6.65. The average molecular weight is 337 g/mol. The van der Waals surface area contributed by atoms with Crippen LogP contribution in [0, 0.1) is 0 Å². The second-order valence-corrected chi connectivity index (χ2v) is 7.12. The molecule has 0 saturated heterocycles. The fourth-order valence-electron chi connectivity index (χ4n) is 2.42. The molecule has 0 atom stereocenters. The normalized spacial score (nSPS) is 11.2. The Bertz CT molecular complexity index is 882. The number of hydrogen-bond acceptors (Lipinski definition) is 2. The molecule has 0 saturated carbocycles. The van der Waals surface area contributed by atoms with Crippen molar-refractivity contribution < 1.29 is 4.57 Å². The van der Waals surface area contributed by atoms with E-state index in [-0.39, 0.29) is 0 Å². The van der Waals surface area contributed by atoms with E-state index in [1.807, 2.05) is 19.8 Å². The first-order valence-electron chi connectivity index (χ1n) is 7.46. The van der Waals surface area contributed by atoms with Crippen LogP contribution in [0.3, 0.4) is 0 Å². The van der Waals surface area contributed by atoms with Crippen molar-refractivity contribution in [2.75, 3.05) is 11.9 Å². The molecule has 114 valence electrons. The standard InChI is InChI=1S/C18H18BN2S2/c1-20(18(19)22)14-10-7-13(8-11-14)9-12-17-21(2)15-5-3-4-6-16(15)23-17/h3-12H,19H2,1-2H3/q+1. The first-order chi connectivity index (χ1) is 11.1. The zero-order valence-corrected chi connectivity index (χ0v) is 15.1. The summed E-state index contributed by atoms with van der Waals surface area (Å²) in [5.74, 6) is 0. The van der Waals surface area contributed by atoms with Gasteiger partial charge in [0.1, 0.15) is 11.7 Å². The van der Waals surface area contributed by atoms with E-state index in [0.717, 1.165) is 10.6 Å².